The Hall–Kier alpha value is -4.47. The van der Waals surface area contributed by atoms with Gasteiger partial charge in [0.15, 0.2) is 0 Å². The standard InChI is InChI=1S/C47H50N4O.Pt/c1-29(2)32(7)34-19-22-41-40(25-34)39-21-20-38(28-42(39)50(41)43-26-35(23-24-48-43)47(8,9)10)52-37-18-14-17-36(27-37)51-46(31(5)6)44(45(49-51)30(3)4)33-15-12-11-13-16-33;/h11-26,29-32H,1-10H3;/q-2;+2. The molecule has 0 aliphatic rings. The van der Waals surface area contributed by atoms with Crippen molar-refractivity contribution in [3.8, 4) is 34.1 Å². The number of nitrogens with zero attached hydrogens (tertiary/aromatic N) is 4. The van der Waals surface area contributed by atoms with Gasteiger partial charge in [0.25, 0.3) is 0 Å². The summed E-state index contributed by atoms with van der Waals surface area (Å²) in [6.45, 7) is 22.4. The summed E-state index contributed by atoms with van der Waals surface area (Å²) in [7, 11) is 0. The fraction of sp³-hybridized carbons (Fsp3) is 0.319. The molecule has 7 rings (SSSR count). The molecule has 0 saturated heterocycles. The average molecular weight is 882 g/mol. The SMILES string of the molecule is CC(C)c1nn(-c2[c-]c(Oc3[c-]c4c(cc3)c3cc(C(C)C(C)C)ccc3n4-c3cc(C(C)(C)C)ccn3)ccc2)c(C(C)C)c1-c1ccccc1.[Pt+2]. The van der Waals surface area contributed by atoms with Crippen LogP contribution in [0, 0.1) is 18.1 Å². The van der Waals surface area contributed by atoms with Gasteiger partial charge in [0.2, 0.25) is 0 Å². The van der Waals surface area contributed by atoms with Gasteiger partial charge in [0.1, 0.15) is 5.82 Å². The van der Waals surface area contributed by atoms with Gasteiger partial charge in [-0.1, -0.05) is 117 Å². The number of fused-ring (bicyclic) bond motifs is 3. The van der Waals surface area contributed by atoms with E-state index in [9.17, 15) is 0 Å². The number of hydrogen-bond donors (Lipinski definition) is 0. The Morgan fingerprint density at radius 2 is 1.45 bits per heavy atom. The first-order valence-corrected chi connectivity index (χ1v) is 18.7. The van der Waals surface area contributed by atoms with Crippen LogP contribution in [0.25, 0.3) is 44.4 Å². The smallest absolute Gasteiger partial charge is 0.509 e. The van der Waals surface area contributed by atoms with Crippen molar-refractivity contribution in [2.24, 2.45) is 5.92 Å². The van der Waals surface area contributed by atoms with Gasteiger partial charge >= 0.3 is 21.1 Å². The van der Waals surface area contributed by atoms with Crippen LogP contribution in [0.3, 0.4) is 0 Å². The number of aromatic nitrogens is 4. The minimum Gasteiger partial charge on any atom is -0.509 e. The Kier molecular flexibility index (Phi) is 10.9. The van der Waals surface area contributed by atoms with Crippen LogP contribution in [0.5, 0.6) is 11.5 Å². The van der Waals surface area contributed by atoms with Gasteiger partial charge in [0.05, 0.1) is 11.4 Å². The first kappa shape index (κ1) is 38.3. The van der Waals surface area contributed by atoms with Crippen LogP contribution < -0.4 is 4.74 Å². The molecule has 1 atom stereocenters. The van der Waals surface area contributed by atoms with E-state index in [4.69, 9.17) is 14.8 Å². The fourth-order valence-corrected chi connectivity index (χ4v) is 7.12. The summed E-state index contributed by atoms with van der Waals surface area (Å²) < 4.78 is 10.9. The largest absolute Gasteiger partial charge is 2.00 e. The van der Waals surface area contributed by atoms with Gasteiger partial charge in [0, 0.05) is 28.8 Å². The maximum Gasteiger partial charge on any atom is 2.00 e. The molecule has 0 saturated carbocycles. The van der Waals surface area contributed by atoms with E-state index in [2.05, 4.69) is 163 Å². The number of rotatable bonds is 9. The molecular weight excluding hydrogens is 832 g/mol. The van der Waals surface area contributed by atoms with Crippen molar-refractivity contribution >= 4 is 21.8 Å². The normalized spacial score (nSPS) is 12.6. The topological polar surface area (TPSA) is 44.9 Å². The number of benzene rings is 4. The van der Waals surface area contributed by atoms with Crippen molar-refractivity contribution in [1.29, 1.82) is 0 Å². The van der Waals surface area contributed by atoms with Crippen molar-refractivity contribution in [2.75, 3.05) is 0 Å². The van der Waals surface area contributed by atoms with Gasteiger partial charge in [-0.15, -0.1) is 35.7 Å². The fourth-order valence-electron chi connectivity index (χ4n) is 7.12. The summed E-state index contributed by atoms with van der Waals surface area (Å²) in [6.07, 6.45) is 1.91. The van der Waals surface area contributed by atoms with Crippen molar-refractivity contribution in [2.45, 2.75) is 92.4 Å². The molecule has 3 aromatic heterocycles. The second kappa shape index (κ2) is 15.1. The predicted octanol–water partition coefficient (Wildman–Crippen LogP) is 12.7. The first-order valence-electron chi connectivity index (χ1n) is 18.7. The van der Waals surface area contributed by atoms with Crippen LogP contribution in [0.2, 0.25) is 0 Å². The Morgan fingerprint density at radius 1 is 0.717 bits per heavy atom. The molecule has 0 fully saturated rings. The summed E-state index contributed by atoms with van der Waals surface area (Å²) in [6, 6.07) is 39.2. The van der Waals surface area contributed by atoms with Crippen LogP contribution >= 0.6 is 0 Å². The molecule has 4 aromatic carbocycles. The van der Waals surface area contributed by atoms with E-state index in [-0.39, 0.29) is 38.3 Å². The van der Waals surface area contributed by atoms with Gasteiger partial charge in [-0.25, -0.2) is 4.98 Å². The number of pyridine rings is 1. The van der Waals surface area contributed by atoms with E-state index < -0.39 is 0 Å². The Morgan fingerprint density at radius 3 is 2.13 bits per heavy atom. The van der Waals surface area contributed by atoms with Crippen molar-refractivity contribution < 1.29 is 25.8 Å². The average Bonchev–Trinajstić information content (AvgIpc) is 3.68. The zero-order valence-corrected chi connectivity index (χ0v) is 34.8. The third-order valence-electron chi connectivity index (χ3n) is 10.3. The molecule has 7 aromatic rings. The second-order valence-electron chi connectivity index (χ2n) is 16.1. The van der Waals surface area contributed by atoms with Crippen LogP contribution in [0.1, 0.15) is 110 Å². The molecule has 6 heteroatoms. The molecule has 53 heavy (non-hydrogen) atoms. The molecule has 0 amide bonds. The molecular formula is C47H50N4OPt. The number of hydrogen-bond acceptors (Lipinski definition) is 3. The molecule has 0 N–H and O–H groups in total. The van der Waals surface area contributed by atoms with Crippen LogP contribution in [-0.2, 0) is 26.5 Å². The van der Waals surface area contributed by atoms with Gasteiger partial charge in [-0.2, -0.15) is 17.2 Å². The van der Waals surface area contributed by atoms with Crippen molar-refractivity contribution in [3.05, 3.63) is 132 Å². The van der Waals surface area contributed by atoms with E-state index in [1.54, 1.807) is 0 Å². The monoisotopic (exact) mass is 881 g/mol. The Labute approximate surface area is 329 Å². The molecule has 0 bridgehead atoms. The van der Waals surface area contributed by atoms with Crippen molar-refractivity contribution in [3.63, 3.8) is 0 Å². The van der Waals surface area contributed by atoms with E-state index in [0.29, 0.717) is 23.3 Å². The maximum absolute atomic E-state index is 6.59. The van der Waals surface area contributed by atoms with Gasteiger partial charge in [-0.05, 0) is 75.0 Å². The molecule has 5 nitrogen and oxygen atoms in total. The summed E-state index contributed by atoms with van der Waals surface area (Å²) in [5.41, 5.74) is 10.0. The maximum atomic E-state index is 6.59. The molecule has 274 valence electrons. The molecule has 0 radical (unpaired) electrons. The van der Waals surface area contributed by atoms with Gasteiger partial charge < -0.3 is 9.30 Å². The molecule has 0 aliphatic carbocycles. The Balaban J connectivity index is 0.00000481. The van der Waals surface area contributed by atoms with E-state index >= 15 is 0 Å². The third-order valence-corrected chi connectivity index (χ3v) is 10.3. The summed E-state index contributed by atoms with van der Waals surface area (Å²) in [5.74, 6) is 3.55. The van der Waals surface area contributed by atoms with Crippen LogP contribution in [0.15, 0.2) is 97.2 Å². The summed E-state index contributed by atoms with van der Waals surface area (Å²) >= 11 is 0. The minimum absolute atomic E-state index is 0. The molecule has 3 heterocycles. The Bertz CT molecular complexity index is 2380. The molecule has 0 spiro atoms. The molecule has 1 unspecified atom stereocenters. The summed E-state index contributed by atoms with van der Waals surface area (Å²) in [4.78, 5) is 4.89. The zero-order valence-electron chi connectivity index (χ0n) is 32.6. The minimum atomic E-state index is -0.0169. The molecule has 0 aliphatic heterocycles. The first-order chi connectivity index (χ1) is 24.8. The summed E-state index contributed by atoms with van der Waals surface area (Å²) in [5, 5.41) is 7.51. The second-order valence-corrected chi connectivity index (χ2v) is 16.1. The zero-order chi connectivity index (χ0) is 36.9. The van der Waals surface area contributed by atoms with Gasteiger partial charge in [-0.3, -0.25) is 4.68 Å². The quantitative estimate of drug-likeness (QED) is 0.136. The third kappa shape index (κ3) is 7.38. The van der Waals surface area contributed by atoms with Crippen molar-refractivity contribution in [1.82, 2.24) is 19.3 Å². The van der Waals surface area contributed by atoms with Crippen LogP contribution in [-0.4, -0.2) is 19.3 Å². The predicted molar refractivity (Wildman–Crippen MR) is 215 cm³/mol. The number of ether oxygens (including phenoxy) is 1. The van der Waals surface area contributed by atoms with E-state index in [0.717, 1.165) is 39.3 Å². The van der Waals surface area contributed by atoms with E-state index in [1.807, 2.05) is 24.4 Å². The van der Waals surface area contributed by atoms with E-state index in [1.165, 1.54) is 27.6 Å². The van der Waals surface area contributed by atoms with Crippen LogP contribution in [0.4, 0.5) is 0 Å².